The summed E-state index contributed by atoms with van der Waals surface area (Å²) in [6.07, 6.45) is 3.83. The maximum absolute atomic E-state index is 12.1. The van der Waals surface area contributed by atoms with Crippen LogP contribution in [-0.2, 0) is 0 Å². The van der Waals surface area contributed by atoms with Gasteiger partial charge in [-0.25, -0.2) is 0 Å². The lowest BCUT2D eigenvalue weighted by molar-refractivity contribution is 0.0979. The van der Waals surface area contributed by atoms with Crippen molar-refractivity contribution >= 4 is 32.5 Å². The third-order valence-electron chi connectivity index (χ3n) is 3.41. The molecule has 0 radical (unpaired) electrons. The molecule has 106 valence electrons. The normalized spacial score (nSPS) is 10.7. The largest absolute Gasteiger partial charge is 0.497 e. The van der Waals surface area contributed by atoms with Gasteiger partial charge in [-0.3, -0.25) is 4.79 Å². The number of fused-ring (bicyclic) bond motifs is 1. The number of rotatable bonds is 7. The Morgan fingerprint density at radius 3 is 2.55 bits per heavy atom. The Morgan fingerprint density at radius 2 is 1.80 bits per heavy atom. The van der Waals surface area contributed by atoms with Crippen LogP contribution in [0.1, 0.15) is 36.0 Å². The molecule has 0 aliphatic rings. The molecular weight excluding hydrogens is 316 g/mol. The molecule has 0 amide bonds. The highest BCUT2D eigenvalue weighted by molar-refractivity contribution is 9.09. The number of methoxy groups -OCH3 is 1. The van der Waals surface area contributed by atoms with Crippen LogP contribution in [0.25, 0.3) is 10.8 Å². The maximum Gasteiger partial charge on any atom is 0.162 e. The van der Waals surface area contributed by atoms with Gasteiger partial charge in [0.05, 0.1) is 7.11 Å². The van der Waals surface area contributed by atoms with Crippen LogP contribution in [0.3, 0.4) is 0 Å². The van der Waals surface area contributed by atoms with Gasteiger partial charge in [-0.1, -0.05) is 40.5 Å². The van der Waals surface area contributed by atoms with Gasteiger partial charge in [-0.05, 0) is 41.8 Å². The van der Waals surface area contributed by atoms with Crippen molar-refractivity contribution in [1.29, 1.82) is 0 Å². The van der Waals surface area contributed by atoms with Gasteiger partial charge in [0.25, 0.3) is 0 Å². The molecular formula is C17H19BrO2. The van der Waals surface area contributed by atoms with Gasteiger partial charge in [-0.2, -0.15) is 0 Å². The fourth-order valence-electron chi connectivity index (χ4n) is 2.23. The zero-order chi connectivity index (χ0) is 14.4. The summed E-state index contributed by atoms with van der Waals surface area (Å²) in [5.74, 6) is 1.07. The smallest absolute Gasteiger partial charge is 0.162 e. The van der Waals surface area contributed by atoms with Crippen LogP contribution in [0.4, 0.5) is 0 Å². The lowest BCUT2D eigenvalue weighted by Crippen LogP contribution is -1.99. The lowest BCUT2D eigenvalue weighted by Gasteiger charge is -2.05. The molecule has 0 N–H and O–H groups in total. The Labute approximate surface area is 128 Å². The second kappa shape index (κ2) is 7.44. The summed E-state index contributed by atoms with van der Waals surface area (Å²) in [6, 6.07) is 11.8. The van der Waals surface area contributed by atoms with Crippen molar-refractivity contribution in [2.75, 3.05) is 12.4 Å². The minimum Gasteiger partial charge on any atom is -0.497 e. The predicted molar refractivity (Wildman–Crippen MR) is 87.1 cm³/mol. The molecule has 0 atom stereocenters. The number of hydrogen-bond acceptors (Lipinski definition) is 2. The SMILES string of the molecule is COc1ccc2cc(C(=O)CCCCCBr)ccc2c1. The van der Waals surface area contributed by atoms with Gasteiger partial charge < -0.3 is 4.74 Å². The van der Waals surface area contributed by atoms with E-state index in [4.69, 9.17) is 4.74 Å². The Morgan fingerprint density at radius 1 is 1.05 bits per heavy atom. The number of unbranched alkanes of at least 4 members (excludes halogenated alkanes) is 2. The van der Waals surface area contributed by atoms with E-state index in [-0.39, 0.29) is 5.78 Å². The molecule has 3 heteroatoms. The second-order valence-electron chi connectivity index (χ2n) is 4.85. The third kappa shape index (κ3) is 3.83. The molecule has 2 aromatic carbocycles. The predicted octanol–water partition coefficient (Wildman–Crippen LogP) is 4.99. The van der Waals surface area contributed by atoms with E-state index in [1.807, 2.05) is 36.4 Å². The number of carbonyl (C=O) groups excluding carboxylic acids is 1. The van der Waals surface area contributed by atoms with E-state index >= 15 is 0 Å². The Bertz CT molecular complexity index is 593. The molecule has 0 saturated carbocycles. The van der Waals surface area contributed by atoms with Crippen molar-refractivity contribution in [3.8, 4) is 5.75 Å². The number of hydrogen-bond donors (Lipinski definition) is 0. The van der Waals surface area contributed by atoms with Gasteiger partial charge in [0.2, 0.25) is 0 Å². The number of carbonyl (C=O) groups is 1. The fraction of sp³-hybridized carbons (Fsp3) is 0.353. The first-order valence-electron chi connectivity index (χ1n) is 6.91. The van der Waals surface area contributed by atoms with E-state index in [1.165, 1.54) is 0 Å². The highest BCUT2D eigenvalue weighted by Gasteiger charge is 2.07. The van der Waals surface area contributed by atoms with Gasteiger partial charge in [-0.15, -0.1) is 0 Å². The summed E-state index contributed by atoms with van der Waals surface area (Å²) in [4.78, 5) is 12.1. The van der Waals surface area contributed by atoms with E-state index in [1.54, 1.807) is 7.11 Å². The van der Waals surface area contributed by atoms with Crippen LogP contribution in [0.15, 0.2) is 36.4 Å². The topological polar surface area (TPSA) is 26.3 Å². The van der Waals surface area contributed by atoms with Gasteiger partial charge in [0, 0.05) is 17.3 Å². The molecule has 0 saturated heterocycles. The van der Waals surface area contributed by atoms with E-state index in [0.717, 1.165) is 46.7 Å². The lowest BCUT2D eigenvalue weighted by atomic mass is 10.0. The van der Waals surface area contributed by atoms with Crippen LogP contribution < -0.4 is 4.74 Å². The molecule has 0 fully saturated rings. The average molecular weight is 335 g/mol. The first-order valence-corrected chi connectivity index (χ1v) is 8.03. The molecule has 0 aromatic heterocycles. The number of benzene rings is 2. The van der Waals surface area contributed by atoms with Crippen molar-refractivity contribution in [3.05, 3.63) is 42.0 Å². The van der Waals surface area contributed by atoms with Crippen LogP contribution >= 0.6 is 15.9 Å². The standard InChI is InChI=1S/C17H19BrO2/c1-20-16-9-8-13-11-15(7-6-14(13)12-16)17(19)5-3-2-4-10-18/h6-9,11-12H,2-5,10H2,1H3. The minimum atomic E-state index is 0.234. The van der Waals surface area contributed by atoms with Crippen LogP contribution in [0.2, 0.25) is 0 Å². The number of ketones is 1. The summed E-state index contributed by atoms with van der Waals surface area (Å²) in [7, 11) is 1.66. The van der Waals surface area contributed by atoms with Crippen LogP contribution in [-0.4, -0.2) is 18.2 Å². The second-order valence-corrected chi connectivity index (χ2v) is 5.64. The summed E-state index contributed by atoms with van der Waals surface area (Å²) >= 11 is 3.41. The minimum absolute atomic E-state index is 0.234. The molecule has 2 rings (SSSR count). The molecule has 0 bridgehead atoms. The van der Waals surface area contributed by atoms with Crippen molar-refractivity contribution in [2.24, 2.45) is 0 Å². The molecule has 20 heavy (non-hydrogen) atoms. The number of Topliss-reactive ketones (excluding diaryl/α,β-unsaturated/α-hetero) is 1. The van der Waals surface area contributed by atoms with E-state index < -0.39 is 0 Å². The Balaban J connectivity index is 2.09. The monoisotopic (exact) mass is 334 g/mol. The first kappa shape index (κ1) is 15.0. The molecule has 0 unspecified atom stereocenters. The first-order chi connectivity index (χ1) is 9.74. The van der Waals surface area contributed by atoms with E-state index in [2.05, 4.69) is 15.9 Å². The third-order valence-corrected chi connectivity index (χ3v) is 3.97. The van der Waals surface area contributed by atoms with E-state index in [9.17, 15) is 4.79 Å². The zero-order valence-corrected chi connectivity index (χ0v) is 13.3. The summed E-state index contributed by atoms with van der Waals surface area (Å²) < 4.78 is 5.21. The Kier molecular flexibility index (Phi) is 5.60. The van der Waals surface area contributed by atoms with Crippen molar-refractivity contribution in [1.82, 2.24) is 0 Å². The number of halogens is 1. The quantitative estimate of drug-likeness (QED) is 0.405. The number of ether oxygens (including phenoxy) is 1. The highest BCUT2D eigenvalue weighted by atomic mass is 79.9. The van der Waals surface area contributed by atoms with Crippen molar-refractivity contribution < 1.29 is 9.53 Å². The average Bonchev–Trinajstić information content (AvgIpc) is 2.50. The summed E-state index contributed by atoms with van der Waals surface area (Å²) in [5.41, 5.74) is 0.807. The van der Waals surface area contributed by atoms with Gasteiger partial charge >= 0.3 is 0 Å². The van der Waals surface area contributed by atoms with E-state index in [0.29, 0.717) is 6.42 Å². The van der Waals surface area contributed by atoms with Crippen LogP contribution in [0.5, 0.6) is 5.75 Å². The fourth-order valence-corrected chi connectivity index (χ4v) is 2.62. The summed E-state index contributed by atoms with van der Waals surface area (Å²) in [5, 5.41) is 3.19. The highest BCUT2D eigenvalue weighted by Crippen LogP contribution is 2.22. The molecule has 2 nitrogen and oxygen atoms in total. The number of alkyl halides is 1. The van der Waals surface area contributed by atoms with Crippen molar-refractivity contribution in [3.63, 3.8) is 0 Å². The molecule has 0 aliphatic heterocycles. The van der Waals surface area contributed by atoms with Gasteiger partial charge in [0.1, 0.15) is 5.75 Å². The molecule has 0 spiro atoms. The van der Waals surface area contributed by atoms with Gasteiger partial charge in [0.15, 0.2) is 5.78 Å². The van der Waals surface area contributed by atoms with Crippen LogP contribution in [0, 0.1) is 0 Å². The molecule has 2 aromatic rings. The zero-order valence-electron chi connectivity index (χ0n) is 11.7. The summed E-state index contributed by atoms with van der Waals surface area (Å²) in [6.45, 7) is 0. The molecule has 0 aliphatic carbocycles. The molecule has 0 heterocycles. The Hall–Kier alpha value is -1.35. The van der Waals surface area contributed by atoms with Crippen molar-refractivity contribution in [2.45, 2.75) is 25.7 Å². The maximum atomic E-state index is 12.1.